The topological polar surface area (TPSA) is 61.5 Å². The molecule has 124 valence electrons. The van der Waals surface area contributed by atoms with Crippen LogP contribution >= 0.6 is 0 Å². The van der Waals surface area contributed by atoms with Gasteiger partial charge in [-0.05, 0) is 44.4 Å². The Labute approximate surface area is 137 Å². The summed E-state index contributed by atoms with van der Waals surface area (Å²) < 4.78 is 1.90. The van der Waals surface area contributed by atoms with Crippen molar-refractivity contribution in [1.82, 2.24) is 14.7 Å². The van der Waals surface area contributed by atoms with E-state index < -0.39 is 11.7 Å². The second-order valence-corrected chi connectivity index (χ2v) is 6.90. The van der Waals surface area contributed by atoms with Gasteiger partial charge in [-0.15, -0.1) is 0 Å². The molecule has 2 atom stereocenters. The van der Waals surface area contributed by atoms with Gasteiger partial charge in [-0.2, -0.15) is 5.10 Å². The number of hydrogen-bond donors (Lipinski definition) is 2. The molecule has 0 spiro atoms. The molecular weight excluding hydrogens is 290 g/mol. The average Bonchev–Trinajstić information content (AvgIpc) is 2.96. The first-order valence-electron chi connectivity index (χ1n) is 8.10. The van der Waals surface area contributed by atoms with Gasteiger partial charge in [-0.1, -0.05) is 17.7 Å². The Kier molecular flexibility index (Phi) is 4.27. The van der Waals surface area contributed by atoms with Gasteiger partial charge < -0.3 is 10.2 Å². The first-order valence-corrected chi connectivity index (χ1v) is 8.10. The second kappa shape index (κ2) is 6.07. The minimum atomic E-state index is -0.982. The molecule has 0 saturated carbocycles. The molecule has 0 amide bonds. The number of aliphatic hydroxyl groups excluding tert-OH is 1. The predicted octanol–water partition coefficient (Wildman–Crippen LogP) is 1.81. The molecule has 1 aliphatic rings. The molecule has 2 aromatic rings. The van der Waals surface area contributed by atoms with Crippen molar-refractivity contribution in [2.75, 3.05) is 13.1 Å². The lowest BCUT2D eigenvalue weighted by Crippen LogP contribution is -2.53. The molecule has 2 N–H and O–H groups in total. The standard InChI is InChI=1S/C18H25N3O2/c1-13-9-14(2)17(21-7-4-6-19-21)15(10-13)11-20-8-5-18(3,23)16(22)12-20/h4,6-7,9-10,16,22-23H,5,8,11-12H2,1-3H3/t16-,18-/m0/s1. The van der Waals surface area contributed by atoms with Gasteiger partial charge >= 0.3 is 0 Å². The lowest BCUT2D eigenvalue weighted by molar-refractivity contribution is -0.108. The number of β-amino-alcohol motifs (C(OH)–C–C–N with tert-alkyl or cyclic N) is 1. The molecule has 1 saturated heterocycles. The molecule has 1 aromatic heterocycles. The highest BCUT2D eigenvalue weighted by Crippen LogP contribution is 2.26. The van der Waals surface area contributed by atoms with Gasteiger partial charge in [-0.3, -0.25) is 4.90 Å². The number of benzene rings is 1. The Balaban J connectivity index is 1.89. The van der Waals surface area contributed by atoms with E-state index in [1.165, 1.54) is 16.7 Å². The van der Waals surface area contributed by atoms with Crippen molar-refractivity contribution in [3.63, 3.8) is 0 Å². The van der Waals surface area contributed by atoms with Crippen LogP contribution in [0.1, 0.15) is 30.0 Å². The van der Waals surface area contributed by atoms with E-state index in [2.05, 4.69) is 36.0 Å². The third kappa shape index (κ3) is 3.32. The van der Waals surface area contributed by atoms with Crippen LogP contribution in [0.25, 0.3) is 5.69 Å². The number of nitrogens with zero attached hydrogens (tertiary/aromatic N) is 3. The Hall–Kier alpha value is -1.69. The van der Waals surface area contributed by atoms with Crippen molar-refractivity contribution in [3.05, 3.63) is 47.3 Å². The zero-order valence-corrected chi connectivity index (χ0v) is 14.0. The predicted molar refractivity (Wildman–Crippen MR) is 89.6 cm³/mol. The van der Waals surface area contributed by atoms with Crippen LogP contribution in [0.2, 0.25) is 0 Å². The quantitative estimate of drug-likeness (QED) is 0.907. The summed E-state index contributed by atoms with van der Waals surface area (Å²) in [5, 5.41) is 24.6. The maximum absolute atomic E-state index is 10.1. The van der Waals surface area contributed by atoms with Gasteiger partial charge in [0.15, 0.2) is 0 Å². The fourth-order valence-corrected chi connectivity index (χ4v) is 3.37. The minimum Gasteiger partial charge on any atom is -0.389 e. The molecule has 2 heterocycles. The van der Waals surface area contributed by atoms with Crippen molar-refractivity contribution in [2.24, 2.45) is 0 Å². The Morgan fingerprint density at radius 1 is 1.35 bits per heavy atom. The van der Waals surface area contributed by atoms with Gasteiger partial charge in [-0.25, -0.2) is 4.68 Å². The summed E-state index contributed by atoms with van der Waals surface area (Å²) in [5.74, 6) is 0. The summed E-state index contributed by atoms with van der Waals surface area (Å²) in [4.78, 5) is 2.20. The van der Waals surface area contributed by atoms with E-state index >= 15 is 0 Å². The van der Waals surface area contributed by atoms with Gasteiger partial charge in [0.25, 0.3) is 0 Å². The second-order valence-electron chi connectivity index (χ2n) is 6.90. The normalized spacial score (nSPS) is 25.7. The van der Waals surface area contributed by atoms with E-state index in [0.29, 0.717) is 13.0 Å². The first kappa shape index (κ1) is 16.2. The lowest BCUT2D eigenvalue weighted by Gasteiger charge is -2.40. The highest BCUT2D eigenvalue weighted by Gasteiger charge is 2.36. The Bertz CT molecular complexity index is 680. The fraction of sp³-hybridized carbons (Fsp3) is 0.500. The molecule has 0 unspecified atom stereocenters. The number of aryl methyl sites for hydroxylation is 2. The summed E-state index contributed by atoms with van der Waals surface area (Å²) >= 11 is 0. The van der Waals surface area contributed by atoms with Crippen molar-refractivity contribution < 1.29 is 10.2 Å². The van der Waals surface area contributed by atoms with Crippen LogP contribution < -0.4 is 0 Å². The van der Waals surface area contributed by atoms with Crippen LogP contribution in [-0.4, -0.2) is 49.7 Å². The number of hydrogen-bond acceptors (Lipinski definition) is 4. The number of piperidine rings is 1. The van der Waals surface area contributed by atoms with Crippen LogP contribution in [0.4, 0.5) is 0 Å². The molecule has 5 heteroatoms. The lowest BCUT2D eigenvalue weighted by atomic mass is 9.90. The van der Waals surface area contributed by atoms with E-state index in [-0.39, 0.29) is 0 Å². The molecule has 23 heavy (non-hydrogen) atoms. The summed E-state index contributed by atoms with van der Waals surface area (Å²) in [7, 11) is 0. The van der Waals surface area contributed by atoms with Crippen LogP contribution in [0.3, 0.4) is 0 Å². The average molecular weight is 315 g/mol. The molecular formula is C18H25N3O2. The van der Waals surface area contributed by atoms with E-state index in [0.717, 1.165) is 18.8 Å². The molecule has 1 aliphatic heterocycles. The summed E-state index contributed by atoms with van der Waals surface area (Å²) in [6.07, 6.45) is 3.60. The maximum Gasteiger partial charge on any atom is 0.0951 e. The van der Waals surface area contributed by atoms with Crippen LogP contribution in [0.5, 0.6) is 0 Å². The highest BCUT2D eigenvalue weighted by atomic mass is 16.3. The molecule has 0 bridgehead atoms. The van der Waals surface area contributed by atoms with Crippen molar-refractivity contribution >= 4 is 0 Å². The van der Waals surface area contributed by atoms with E-state index in [1.54, 1.807) is 13.1 Å². The monoisotopic (exact) mass is 315 g/mol. The number of rotatable bonds is 3. The van der Waals surface area contributed by atoms with E-state index in [1.807, 2.05) is 16.9 Å². The number of aliphatic hydroxyl groups is 2. The number of likely N-dealkylation sites (tertiary alicyclic amines) is 1. The van der Waals surface area contributed by atoms with Gasteiger partial charge in [0.2, 0.25) is 0 Å². The van der Waals surface area contributed by atoms with Gasteiger partial charge in [0.05, 0.1) is 17.4 Å². The third-order valence-electron chi connectivity index (χ3n) is 4.73. The summed E-state index contributed by atoms with van der Waals surface area (Å²) in [5.41, 5.74) is 3.72. The zero-order chi connectivity index (χ0) is 16.6. The highest BCUT2D eigenvalue weighted by molar-refractivity contribution is 5.49. The van der Waals surface area contributed by atoms with Crippen LogP contribution in [0, 0.1) is 13.8 Å². The first-order chi connectivity index (χ1) is 10.9. The minimum absolute atomic E-state index is 0.485. The van der Waals surface area contributed by atoms with Crippen molar-refractivity contribution in [3.8, 4) is 5.69 Å². The van der Waals surface area contributed by atoms with E-state index in [9.17, 15) is 10.2 Å². The van der Waals surface area contributed by atoms with Crippen LogP contribution in [-0.2, 0) is 6.54 Å². The fourth-order valence-electron chi connectivity index (χ4n) is 3.37. The Morgan fingerprint density at radius 3 is 2.78 bits per heavy atom. The van der Waals surface area contributed by atoms with Gasteiger partial charge in [0.1, 0.15) is 0 Å². The molecule has 1 aromatic carbocycles. The molecule has 1 fully saturated rings. The summed E-state index contributed by atoms with van der Waals surface area (Å²) in [6.45, 7) is 7.91. The van der Waals surface area contributed by atoms with Gasteiger partial charge in [0, 0.05) is 32.0 Å². The SMILES string of the molecule is Cc1cc(C)c(-n2cccn2)c(CN2CC[C@](C)(O)[C@@H](O)C2)c1. The largest absolute Gasteiger partial charge is 0.389 e. The number of aromatic nitrogens is 2. The van der Waals surface area contributed by atoms with Crippen molar-refractivity contribution in [1.29, 1.82) is 0 Å². The zero-order valence-electron chi connectivity index (χ0n) is 14.0. The molecule has 0 radical (unpaired) electrons. The molecule has 0 aliphatic carbocycles. The van der Waals surface area contributed by atoms with Crippen molar-refractivity contribution in [2.45, 2.75) is 45.4 Å². The molecule has 5 nitrogen and oxygen atoms in total. The smallest absolute Gasteiger partial charge is 0.0951 e. The van der Waals surface area contributed by atoms with Crippen LogP contribution in [0.15, 0.2) is 30.6 Å². The Morgan fingerprint density at radius 2 is 2.13 bits per heavy atom. The molecule has 3 rings (SSSR count). The third-order valence-corrected chi connectivity index (χ3v) is 4.73. The maximum atomic E-state index is 10.1. The van der Waals surface area contributed by atoms with E-state index in [4.69, 9.17) is 0 Å². The summed E-state index contributed by atoms with van der Waals surface area (Å²) in [6, 6.07) is 6.27.